The van der Waals surface area contributed by atoms with E-state index in [1.54, 1.807) is 19.9 Å². The van der Waals surface area contributed by atoms with Crippen molar-refractivity contribution in [2.45, 2.75) is 242 Å². The number of allylic oxidation sites excluding steroid dienone is 3. The summed E-state index contributed by atoms with van der Waals surface area (Å²) < 4.78 is 60.8. The Morgan fingerprint density at radius 3 is 1.88 bits per heavy atom. The molecule has 4 saturated heterocycles. The molecular formula is C59H92O27. The van der Waals surface area contributed by atoms with Crippen LogP contribution in [-0.4, -0.2) is 257 Å². The Balaban J connectivity index is 1.06. The quantitative estimate of drug-likeness (QED) is 0.0357. The van der Waals surface area contributed by atoms with E-state index in [1.165, 1.54) is 6.92 Å². The number of esters is 2. The molecule has 5 aliphatic carbocycles. The summed E-state index contributed by atoms with van der Waals surface area (Å²) in [5.41, 5.74) is -4.02. The third-order valence-corrected chi connectivity index (χ3v) is 22.4. The normalized spacial score (nSPS) is 51.2. The number of aliphatic hydroxyl groups is 13. The molecule has 86 heavy (non-hydrogen) atoms. The van der Waals surface area contributed by atoms with Gasteiger partial charge in [0.1, 0.15) is 91.6 Å². The summed E-state index contributed by atoms with van der Waals surface area (Å²) in [4.78, 5) is 39.6. The number of carbonyl (C=O) groups is 3. The van der Waals surface area contributed by atoms with Crippen molar-refractivity contribution in [1.29, 1.82) is 0 Å². The molecule has 4 heterocycles. The fourth-order valence-electron chi connectivity index (χ4n) is 17.1. The smallest absolute Gasteiger partial charge is 0.335 e. The van der Waals surface area contributed by atoms with Crippen LogP contribution in [0.5, 0.6) is 0 Å². The third kappa shape index (κ3) is 11.0. The lowest BCUT2D eigenvalue weighted by atomic mass is 9.33. The molecule has 14 N–H and O–H groups in total. The number of carboxylic acid groups (broad SMARTS) is 1. The number of hydrogen-bond donors (Lipinski definition) is 14. The molecular weight excluding hydrogens is 1140 g/mol. The summed E-state index contributed by atoms with van der Waals surface area (Å²) >= 11 is 0. The average molecular weight is 1230 g/mol. The Hall–Kier alpha value is -2.95. The monoisotopic (exact) mass is 1230 g/mol. The first-order valence-corrected chi connectivity index (χ1v) is 30.0. The minimum absolute atomic E-state index is 0.121. The fraction of sp³-hybridized carbons (Fsp3) is 0.881. The maximum absolute atomic E-state index is 13.5. The first-order valence-electron chi connectivity index (χ1n) is 30.0. The molecule has 1 unspecified atom stereocenters. The second-order valence-corrected chi connectivity index (χ2v) is 27.4. The predicted octanol–water partition coefficient (Wildman–Crippen LogP) is -2.22. The van der Waals surface area contributed by atoms with Crippen LogP contribution in [0.2, 0.25) is 0 Å². The summed E-state index contributed by atoms with van der Waals surface area (Å²) in [7, 11) is 0. The maximum atomic E-state index is 13.5. The summed E-state index contributed by atoms with van der Waals surface area (Å²) in [6, 6.07) is 0. The number of aliphatic carboxylic acids is 1. The van der Waals surface area contributed by atoms with Gasteiger partial charge in [-0.05, 0) is 92.8 Å². The van der Waals surface area contributed by atoms with Crippen molar-refractivity contribution in [3.63, 3.8) is 0 Å². The van der Waals surface area contributed by atoms with Crippen LogP contribution in [0, 0.1) is 50.2 Å². The van der Waals surface area contributed by atoms with Crippen LogP contribution in [0.3, 0.4) is 0 Å². The summed E-state index contributed by atoms with van der Waals surface area (Å²) in [5.74, 6) is -4.03. The summed E-state index contributed by atoms with van der Waals surface area (Å²) in [5, 5.41) is 156. The van der Waals surface area contributed by atoms with Gasteiger partial charge >= 0.3 is 17.9 Å². The van der Waals surface area contributed by atoms with E-state index >= 15 is 0 Å². The number of ether oxygens (including phenoxy) is 10. The first kappa shape index (κ1) is 67.4. The zero-order chi connectivity index (χ0) is 63.3. The van der Waals surface area contributed by atoms with E-state index in [2.05, 4.69) is 26.8 Å². The molecule has 9 aliphatic rings. The lowest BCUT2D eigenvalue weighted by Gasteiger charge is -2.72. The van der Waals surface area contributed by atoms with Crippen molar-refractivity contribution in [3.8, 4) is 0 Å². The Labute approximate surface area is 498 Å². The minimum Gasteiger partial charge on any atom is -0.479 e. The second kappa shape index (κ2) is 24.9. The van der Waals surface area contributed by atoms with Gasteiger partial charge in [-0.1, -0.05) is 59.3 Å². The molecule has 0 aromatic heterocycles. The zero-order valence-corrected chi connectivity index (χ0v) is 50.1. The highest BCUT2D eigenvalue weighted by molar-refractivity contribution is 5.87. The van der Waals surface area contributed by atoms with Crippen molar-refractivity contribution in [1.82, 2.24) is 0 Å². The van der Waals surface area contributed by atoms with Gasteiger partial charge in [0.15, 0.2) is 31.3 Å². The van der Waals surface area contributed by atoms with Crippen molar-refractivity contribution >= 4 is 17.9 Å². The number of hydrogen-bond acceptors (Lipinski definition) is 26. The van der Waals surface area contributed by atoms with E-state index < -0.39 is 224 Å². The first-order chi connectivity index (χ1) is 40.3. The lowest BCUT2D eigenvalue weighted by molar-refractivity contribution is -0.400. The Morgan fingerprint density at radius 2 is 1.27 bits per heavy atom. The molecule has 0 amide bonds. The van der Waals surface area contributed by atoms with Gasteiger partial charge in [0.05, 0.1) is 50.7 Å². The molecule has 27 nitrogen and oxygen atoms in total. The van der Waals surface area contributed by atoms with Crippen LogP contribution in [-0.2, 0) is 61.8 Å². The van der Waals surface area contributed by atoms with Gasteiger partial charge in [0.2, 0.25) is 0 Å². The van der Waals surface area contributed by atoms with Crippen LogP contribution >= 0.6 is 0 Å². The number of rotatable bonds is 15. The number of aliphatic hydroxyl groups excluding tert-OH is 13. The van der Waals surface area contributed by atoms with E-state index in [0.717, 1.165) is 5.57 Å². The molecule has 0 aromatic carbocycles. The van der Waals surface area contributed by atoms with Gasteiger partial charge in [0.25, 0.3) is 0 Å². The molecule has 490 valence electrons. The van der Waals surface area contributed by atoms with Gasteiger partial charge in [-0.2, -0.15) is 0 Å². The Bertz CT molecular complexity index is 2510. The number of carboxylic acids is 1. The SMILES string of the molecule is C/C=C(\C)C(=O)O[C@H]1[C@H](OC(C)=O)[C@]2(CO)[C@H](O)C[C@]3(C)C(=CC[C@@H]4[C@@]5(C)CC[C@H](O[C@@H]6O[C@H](C(=O)O)[C@@H](O)[C@H](O[C@@H]7O[C@H](CO)[C@@H](O)[C@H](O)[C@H]7O)[C@H]6O[C@@H]6OC[C@@H](O)[C@@H](O)[C@H]6O[C@@H]6OC[C@@H](O)[C@H](O)[C@H]6O)C(C)(CO)[C@@H]5CC[C@]43C)[C@@H]2CC1(C)C. The van der Waals surface area contributed by atoms with E-state index in [4.69, 9.17) is 47.4 Å². The maximum Gasteiger partial charge on any atom is 0.335 e. The summed E-state index contributed by atoms with van der Waals surface area (Å²) in [6.45, 7) is 13.6. The molecule has 9 rings (SSSR count). The molecule has 8 fully saturated rings. The van der Waals surface area contributed by atoms with Crippen LogP contribution in [0.1, 0.15) is 107 Å². The molecule has 0 bridgehead atoms. The highest BCUT2D eigenvalue weighted by Crippen LogP contribution is 2.76. The van der Waals surface area contributed by atoms with Gasteiger partial charge < -0.3 is 119 Å². The van der Waals surface area contributed by atoms with Gasteiger partial charge in [-0.25, -0.2) is 9.59 Å². The highest BCUT2D eigenvalue weighted by atomic mass is 16.8. The minimum atomic E-state index is -2.26. The standard InChI is InChI=1S/C59H92O27/c1-10-24(2)49(76)86-46-47(79-25(3)63)59(23-62)27(17-54(46,4)5)26-11-12-32-55(6)15-14-34(56(7,22-61)31(55)13-16-57(32,8)58(26,9)18-33(59)66)81-53-45(85-52-44(36(68)29(65)21-78-52)84-50-39(71)35(67)28(64)20-77-50)42(41(73)43(83-53)48(74)75)82-51-40(72)38(70)37(69)30(19-60)80-51/h10-11,27-47,50-53,60-62,64-73H,12-23H2,1-9H3,(H,74,75)/b24-10+/t27-,28+,29+,30+,31+,32+,33+,34-,35-,36+,37+,38-,39+,40+,41-,42-,43-,44+,45+,46-,47-,50-,51-,52-,53+,55-,56?,57+,58+,59-/m0/s1. The Morgan fingerprint density at radius 1 is 0.640 bits per heavy atom. The molecule has 30 atom stereocenters. The number of carbonyl (C=O) groups excluding carboxylic acids is 2. The molecule has 0 aromatic rings. The molecule has 0 spiro atoms. The lowest BCUT2D eigenvalue weighted by Crippen LogP contribution is -2.72. The Kier molecular flexibility index (Phi) is 19.5. The second-order valence-electron chi connectivity index (χ2n) is 27.4. The highest BCUT2D eigenvalue weighted by Gasteiger charge is 2.74. The van der Waals surface area contributed by atoms with Gasteiger partial charge in [-0.3, -0.25) is 4.79 Å². The molecule has 4 aliphatic heterocycles. The third-order valence-electron chi connectivity index (χ3n) is 22.4. The van der Waals surface area contributed by atoms with Crippen LogP contribution in [0.15, 0.2) is 23.3 Å². The topological polar surface area (TPSA) is 427 Å². The predicted molar refractivity (Wildman–Crippen MR) is 290 cm³/mol. The van der Waals surface area contributed by atoms with Crippen LogP contribution in [0.25, 0.3) is 0 Å². The van der Waals surface area contributed by atoms with Crippen molar-refractivity contribution in [2.75, 3.05) is 33.0 Å². The van der Waals surface area contributed by atoms with Gasteiger partial charge in [-0.15, -0.1) is 0 Å². The number of fused-ring (bicyclic) bond motifs is 7. The largest absolute Gasteiger partial charge is 0.479 e. The average Bonchev–Trinajstić information content (AvgIpc) is 0.675. The van der Waals surface area contributed by atoms with E-state index in [-0.39, 0.29) is 24.7 Å². The van der Waals surface area contributed by atoms with Crippen LogP contribution in [0.4, 0.5) is 0 Å². The van der Waals surface area contributed by atoms with E-state index in [0.29, 0.717) is 37.7 Å². The van der Waals surface area contributed by atoms with E-state index in [9.17, 15) is 85.9 Å². The molecule has 0 radical (unpaired) electrons. The molecule has 4 saturated carbocycles. The fourth-order valence-corrected chi connectivity index (χ4v) is 17.1. The zero-order valence-electron chi connectivity index (χ0n) is 50.1. The van der Waals surface area contributed by atoms with Crippen molar-refractivity contribution in [3.05, 3.63) is 23.3 Å². The van der Waals surface area contributed by atoms with Crippen LogP contribution < -0.4 is 0 Å². The van der Waals surface area contributed by atoms with Crippen molar-refractivity contribution in [2.24, 2.45) is 50.2 Å². The van der Waals surface area contributed by atoms with E-state index in [1.807, 2.05) is 20.8 Å². The summed E-state index contributed by atoms with van der Waals surface area (Å²) in [6.07, 6.45) is -32.4. The van der Waals surface area contributed by atoms with Crippen molar-refractivity contribution < 1.29 is 133 Å². The molecule has 27 heteroatoms. The van der Waals surface area contributed by atoms with Gasteiger partial charge in [0, 0.05) is 23.3 Å².